The standard InChI is InChI=1S/C34H27F5O4/c1-19(40)22-10-9-20(15-22)18-43-30-8-3-5-25(33(30)42-2)26-16-23(21-11-13-24(35)14-12-21)17-27(26)32(41)31-28(34(37,38)39)6-4-7-29(31)36/h3-14,17,26-27H,15-16,18H2,1-2H3. The molecule has 4 nitrogen and oxygen atoms in total. The Kier molecular flexibility index (Phi) is 8.35. The van der Waals surface area contributed by atoms with Gasteiger partial charge in [-0.3, -0.25) is 9.59 Å². The number of hydrogen-bond acceptors (Lipinski definition) is 4. The molecule has 0 N–H and O–H groups in total. The number of methoxy groups -OCH3 is 1. The second kappa shape index (κ2) is 12.0. The van der Waals surface area contributed by atoms with Crippen molar-refractivity contribution in [2.45, 2.75) is 31.9 Å². The van der Waals surface area contributed by atoms with Crippen molar-refractivity contribution in [2.24, 2.45) is 5.92 Å². The molecule has 0 amide bonds. The van der Waals surface area contributed by atoms with Gasteiger partial charge in [-0.2, -0.15) is 13.2 Å². The first-order valence-electron chi connectivity index (χ1n) is 13.5. The van der Waals surface area contributed by atoms with E-state index < -0.39 is 46.6 Å². The molecule has 0 saturated heterocycles. The fourth-order valence-corrected chi connectivity index (χ4v) is 5.63. The topological polar surface area (TPSA) is 52.6 Å². The van der Waals surface area contributed by atoms with Crippen LogP contribution in [0.1, 0.15) is 52.7 Å². The molecule has 222 valence electrons. The minimum absolute atomic E-state index is 0.0317. The van der Waals surface area contributed by atoms with Crippen molar-refractivity contribution < 1.29 is 41.0 Å². The first-order chi connectivity index (χ1) is 20.5. The molecule has 3 aromatic carbocycles. The lowest BCUT2D eigenvalue weighted by Crippen LogP contribution is -2.23. The Morgan fingerprint density at radius 3 is 2.33 bits per heavy atom. The van der Waals surface area contributed by atoms with Crippen LogP contribution in [0, 0.1) is 17.6 Å². The lowest BCUT2D eigenvalue weighted by atomic mass is 9.81. The van der Waals surface area contributed by atoms with Crippen molar-refractivity contribution in [3.63, 3.8) is 0 Å². The predicted molar refractivity (Wildman–Crippen MR) is 151 cm³/mol. The van der Waals surface area contributed by atoms with E-state index in [9.17, 15) is 31.5 Å². The van der Waals surface area contributed by atoms with E-state index in [1.165, 1.54) is 44.4 Å². The second-order valence-electron chi connectivity index (χ2n) is 10.5. The van der Waals surface area contributed by atoms with E-state index >= 15 is 0 Å². The van der Waals surface area contributed by atoms with E-state index in [0.717, 1.165) is 17.7 Å². The van der Waals surface area contributed by atoms with Crippen LogP contribution < -0.4 is 9.47 Å². The Balaban J connectivity index is 1.53. The second-order valence-corrected chi connectivity index (χ2v) is 10.5. The van der Waals surface area contributed by atoms with E-state index in [-0.39, 0.29) is 24.6 Å². The predicted octanol–water partition coefficient (Wildman–Crippen LogP) is 8.29. The number of benzene rings is 3. The average molecular weight is 595 g/mol. The summed E-state index contributed by atoms with van der Waals surface area (Å²) in [6, 6.07) is 13.0. The van der Waals surface area contributed by atoms with Crippen LogP contribution in [0.3, 0.4) is 0 Å². The molecule has 0 saturated carbocycles. The quantitative estimate of drug-likeness (QED) is 0.185. The van der Waals surface area contributed by atoms with Gasteiger partial charge in [0.25, 0.3) is 0 Å². The number of rotatable bonds is 9. The van der Waals surface area contributed by atoms with Gasteiger partial charge in [-0.1, -0.05) is 48.6 Å². The molecule has 0 aromatic heterocycles. The maximum absolute atomic E-state index is 15.0. The number of carbonyl (C=O) groups excluding carboxylic acids is 2. The molecular weight excluding hydrogens is 567 g/mol. The number of para-hydroxylation sites is 1. The Bertz CT molecular complexity index is 1660. The minimum Gasteiger partial charge on any atom is -0.493 e. The highest BCUT2D eigenvalue weighted by Gasteiger charge is 2.42. The van der Waals surface area contributed by atoms with Crippen LogP contribution in [0.25, 0.3) is 5.57 Å². The van der Waals surface area contributed by atoms with Crippen LogP contribution in [0.15, 0.2) is 90.0 Å². The Morgan fingerprint density at radius 2 is 1.67 bits per heavy atom. The van der Waals surface area contributed by atoms with Crippen LogP contribution in [0.2, 0.25) is 0 Å². The molecule has 0 radical (unpaired) electrons. The average Bonchev–Trinajstić information content (AvgIpc) is 3.63. The van der Waals surface area contributed by atoms with E-state index in [1.54, 1.807) is 24.3 Å². The van der Waals surface area contributed by atoms with Gasteiger partial charge in [0.1, 0.15) is 18.2 Å². The highest BCUT2D eigenvalue weighted by molar-refractivity contribution is 6.03. The normalized spacial score (nSPS) is 18.2. The Morgan fingerprint density at radius 1 is 0.953 bits per heavy atom. The molecule has 0 heterocycles. The summed E-state index contributed by atoms with van der Waals surface area (Å²) < 4.78 is 82.0. The summed E-state index contributed by atoms with van der Waals surface area (Å²) in [4.78, 5) is 25.6. The lowest BCUT2D eigenvalue weighted by Gasteiger charge is -2.24. The van der Waals surface area contributed by atoms with Crippen molar-refractivity contribution in [3.05, 3.63) is 124 Å². The number of hydrogen-bond donors (Lipinski definition) is 0. The number of ketones is 2. The molecule has 43 heavy (non-hydrogen) atoms. The Hall–Kier alpha value is -4.53. The molecule has 2 atom stereocenters. The summed E-state index contributed by atoms with van der Waals surface area (Å²) >= 11 is 0. The van der Waals surface area contributed by atoms with E-state index in [2.05, 4.69) is 0 Å². The van der Waals surface area contributed by atoms with Crippen molar-refractivity contribution in [1.29, 1.82) is 0 Å². The number of alkyl halides is 3. The summed E-state index contributed by atoms with van der Waals surface area (Å²) in [7, 11) is 1.41. The molecule has 0 spiro atoms. The third kappa shape index (κ3) is 6.16. The van der Waals surface area contributed by atoms with E-state index in [0.29, 0.717) is 40.5 Å². The van der Waals surface area contributed by atoms with Crippen molar-refractivity contribution in [1.82, 2.24) is 0 Å². The number of allylic oxidation sites excluding steroid dienone is 5. The van der Waals surface area contributed by atoms with Gasteiger partial charge < -0.3 is 9.47 Å². The van der Waals surface area contributed by atoms with Crippen molar-refractivity contribution in [3.8, 4) is 11.5 Å². The maximum Gasteiger partial charge on any atom is 0.417 e. The smallest absolute Gasteiger partial charge is 0.417 e. The van der Waals surface area contributed by atoms with Crippen molar-refractivity contribution in [2.75, 3.05) is 13.7 Å². The molecule has 0 aliphatic heterocycles. The fraction of sp³-hybridized carbons (Fsp3) is 0.235. The zero-order chi connectivity index (χ0) is 30.9. The highest BCUT2D eigenvalue weighted by Crippen LogP contribution is 2.49. The van der Waals surface area contributed by atoms with E-state index in [4.69, 9.17) is 9.47 Å². The van der Waals surface area contributed by atoms with E-state index in [1.807, 2.05) is 6.08 Å². The minimum atomic E-state index is -4.96. The van der Waals surface area contributed by atoms with Gasteiger partial charge in [0.2, 0.25) is 0 Å². The monoisotopic (exact) mass is 594 g/mol. The van der Waals surface area contributed by atoms with Gasteiger partial charge in [0, 0.05) is 23.8 Å². The maximum atomic E-state index is 15.0. The zero-order valence-electron chi connectivity index (χ0n) is 23.3. The number of ether oxygens (including phenoxy) is 2. The van der Waals surface area contributed by atoms with Crippen LogP contribution in [0.5, 0.6) is 11.5 Å². The number of Topliss-reactive ketones (excluding diaryl/α,β-unsaturated/α-hetero) is 2. The van der Waals surface area contributed by atoms with Crippen LogP contribution >= 0.6 is 0 Å². The molecule has 2 unspecified atom stereocenters. The number of halogens is 5. The third-order valence-electron chi connectivity index (χ3n) is 7.75. The SMILES string of the molecule is COc1c(OCC2=CC=C(C(C)=O)C2)cccc1C1CC(c2ccc(F)cc2)=CC1C(=O)c1c(F)cccc1C(F)(F)F. The largest absolute Gasteiger partial charge is 0.493 e. The van der Waals surface area contributed by atoms with Gasteiger partial charge in [-0.05, 0) is 66.0 Å². The summed E-state index contributed by atoms with van der Waals surface area (Å²) in [5.74, 6) is -4.12. The van der Waals surface area contributed by atoms with Gasteiger partial charge in [0.05, 0.1) is 18.2 Å². The third-order valence-corrected chi connectivity index (χ3v) is 7.75. The van der Waals surface area contributed by atoms with Crippen LogP contribution in [-0.4, -0.2) is 25.3 Å². The molecule has 2 aliphatic rings. The summed E-state index contributed by atoms with van der Waals surface area (Å²) in [6.07, 6.45) is 0.759. The van der Waals surface area contributed by atoms with Gasteiger partial charge in [-0.25, -0.2) is 8.78 Å². The number of carbonyl (C=O) groups is 2. The summed E-state index contributed by atoms with van der Waals surface area (Å²) in [5, 5.41) is 0. The zero-order valence-corrected chi connectivity index (χ0v) is 23.3. The molecule has 9 heteroatoms. The van der Waals surface area contributed by atoms with Crippen molar-refractivity contribution >= 4 is 17.1 Å². The lowest BCUT2D eigenvalue weighted by molar-refractivity contribution is -0.138. The fourth-order valence-electron chi connectivity index (χ4n) is 5.63. The molecule has 0 bridgehead atoms. The molecule has 3 aromatic rings. The molecule has 5 rings (SSSR count). The molecule has 2 aliphatic carbocycles. The van der Waals surface area contributed by atoms with Gasteiger partial charge in [-0.15, -0.1) is 0 Å². The summed E-state index contributed by atoms with van der Waals surface area (Å²) in [5.41, 5.74) is 0.811. The Labute approximate surface area is 245 Å². The highest BCUT2D eigenvalue weighted by atomic mass is 19.4. The van der Waals surface area contributed by atoms with Crippen LogP contribution in [0.4, 0.5) is 22.0 Å². The van der Waals surface area contributed by atoms with Gasteiger partial charge in [0.15, 0.2) is 23.1 Å². The summed E-state index contributed by atoms with van der Waals surface area (Å²) in [6.45, 7) is 1.64. The first-order valence-corrected chi connectivity index (χ1v) is 13.5. The molecule has 0 fully saturated rings. The van der Waals surface area contributed by atoms with Crippen LogP contribution in [-0.2, 0) is 11.0 Å². The van der Waals surface area contributed by atoms with Gasteiger partial charge >= 0.3 is 6.18 Å². The molecular formula is C34H27F5O4. The first kappa shape index (κ1) is 29.9.